The summed E-state index contributed by atoms with van der Waals surface area (Å²) >= 11 is 0. The molecule has 0 aromatic heterocycles. The highest BCUT2D eigenvalue weighted by atomic mass is 16.5. The molecule has 0 bridgehead atoms. The number of hydrogen-bond donors (Lipinski definition) is 1. The Morgan fingerprint density at radius 2 is 2.12 bits per heavy atom. The van der Waals surface area contributed by atoms with E-state index >= 15 is 0 Å². The largest absolute Gasteiger partial charge is 0.466 e. The van der Waals surface area contributed by atoms with Gasteiger partial charge in [0.15, 0.2) is 0 Å². The zero-order chi connectivity index (χ0) is 18.5. The summed E-state index contributed by atoms with van der Waals surface area (Å²) < 4.78 is 5.11. The monoisotopic (exact) mass is 360 g/mol. The van der Waals surface area contributed by atoms with Gasteiger partial charge in [-0.15, -0.1) is 0 Å². The number of rotatable bonds is 7. The van der Waals surface area contributed by atoms with Crippen LogP contribution in [0.15, 0.2) is 21.2 Å². The van der Waals surface area contributed by atoms with Gasteiger partial charge in [-0.2, -0.15) is 0 Å². The third-order valence-corrected chi connectivity index (χ3v) is 5.38. The number of carbonyl (C=O) groups is 1. The lowest BCUT2D eigenvalue weighted by Crippen LogP contribution is -2.47. The van der Waals surface area contributed by atoms with E-state index in [4.69, 9.17) is 4.74 Å². The predicted octanol–water partition coefficient (Wildman–Crippen LogP) is 2.36. The molecule has 1 aliphatic carbocycles. The van der Waals surface area contributed by atoms with Gasteiger partial charge in [-0.3, -0.25) is 14.4 Å². The average molecular weight is 360 g/mol. The van der Waals surface area contributed by atoms with Gasteiger partial charge in [-0.1, -0.05) is 11.6 Å². The molecule has 1 fully saturated rings. The van der Waals surface area contributed by atoms with Crippen LogP contribution in [0.25, 0.3) is 0 Å². The summed E-state index contributed by atoms with van der Waals surface area (Å²) in [6.07, 6.45) is 9.55. The molecular formula is C20H28N2O4. The number of nitrogens with one attached hydrogen (secondary N) is 1. The number of carbonyl (C=O) groups excluding carboxylic acids is 1. The number of anilines is 2. The molecule has 142 valence electrons. The van der Waals surface area contributed by atoms with Crippen molar-refractivity contribution in [3.63, 3.8) is 0 Å². The summed E-state index contributed by atoms with van der Waals surface area (Å²) in [7, 11) is 0. The molecule has 26 heavy (non-hydrogen) atoms. The van der Waals surface area contributed by atoms with Crippen molar-refractivity contribution in [2.75, 3.05) is 36.5 Å². The van der Waals surface area contributed by atoms with E-state index in [1.165, 1.54) is 18.4 Å². The van der Waals surface area contributed by atoms with Gasteiger partial charge in [0, 0.05) is 19.6 Å². The first-order chi connectivity index (χ1) is 12.6. The molecule has 2 aliphatic rings. The van der Waals surface area contributed by atoms with Crippen LogP contribution in [0.1, 0.15) is 51.9 Å². The Bertz CT molecular complexity index is 745. The number of esters is 1. The Morgan fingerprint density at radius 3 is 2.85 bits per heavy atom. The second-order valence-electron chi connectivity index (χ2n) is 7.20. The van der Waals surface area contributed by atoms with Crippen LogP contribution < -0.4 is 21.1 Å². The Kier molecular flexibility index (Phi) is 6.12. The predicted molar refractivity (Wildman–Crippen MR) is 103 cm³/mol. The first-order valence-corrected chi connectivity index (χ1v) is 9.78. The van der Waals surface area contributed by atoms with E-state index in [1.807, 2.05) is 4.90 Å². The maximum absolute atomic E-state index is 12.1. The maximum Gasteiger partial charge on any atom is 0.310 e. The van der Waals surface area contributed by atoms with Gasteiger partial charge in [0.25, 0.3) is 10.9 Å². The molecule has 0 radical (unpaired) electrons. The van der Waals surface area contributed by atoms with Crippen molar-refractivity contribution >= 4 is 17.3 Å². The highest BCUT2D eigenvalue weighted by Gasteiger charge is 2.32. The lowest BCUT2D eigenvalue weighted by Gasteiger charge is -2.34. The van der Waals surface area contributed by atoms with E-state index in [2.05, 4.69) is 11.4 Å². The SMILES string of the molecule is CCOC(=O)[C@@H]1CCCN(c2c(NCCC3=CCCCC3)c(=O)c2=O)C1. The van der Waals surface area contributed by atoms with E-state index in [-0.39, 0.29) is 11.9 Å². The third-order valence-electron chi connectivity index (χ3n) is 5.38. The number of nitrogens with zero attached hydrogens (tertiary/aromatic N) is 1. The molecule has 3 rings (SSSR count). The van der Waals surface area contributed by atoms with Crippen molar-refractivity contribution in [2.24, 2.45) is 5.92 Å². The van der Waals surface area contributed by atoms with E-state index in [1.54, 1.807) is 6.92 Å². The Labute approximate surface area is 153 Å². The zero-order valence-electron chi connectivity index (χ0n) is 15.5. The molecule has 1 atom stereocenters. The normalized spacial score (nSPS) is 20.7. The minimum Gasteiger partial charge on any atom is -0.466 e. The van der Waals surface area contributed by atoms with Gasteiger partial charge >= 0.3 is 5.97 Å². The third kappa shape index (κ3) is 4.00. The number of allylic oxidation sites excluding steroid dienone is 1. The topological polar surface area (TPSA) is 75.7 Å². The van der Waals surface area contributed by atoms with Gasteiger partial charge in [0.1, 0.15) is 11.4 Å². The smallest absolute Gasteiger partial charge is 0.310 e. The zero-order valence-corrected chi connectivity index (χ0v) is 15.5. The van der Waals surface area contributed by atoms with Crippen molar-refractivity contribution in [3.05, 3.63) is 32.1 Å². The Hall–Kier alpha value is -2.11. The average Bonchev–Trinajstić information content (AvgIpc) is 2.68. The van der Waals surface area contributed by atoms with Crippen molar-refractivity contribution in [1.82, 2.24) is 0 Å². The van der Waals surface area contributed by atoms with Crippen LogP contribution in [-0.4, -0.2) is 32.2 Å². The molecule has 0 saturated carbocycles. The first kappa shape index (κ1) is 18.7. The van der Waals surface area contributed by atoms with Crippen LogP contribution in [0.4, 0.5) is 11.4 Å². The van der Waals surface area contributed by atoms with Crippen LogP contribution in [0.2, 0.25) is 0 Å². The fourth-order valence-electron chi connectivity index (χ4n) is 3.96. The Morgan fingerprint density at radius 1 is 1.27 bits per heavy atom. The molecule has 1 aromatic rings. The molecular weight excluding hydrogens is 332 g/mol. The van der Waals surface area contributed by atoms with Gasteiger partial charge in [0.05, 0.1) is 12.5 Å². The van der Waals surface area contributed by atoms with E-state index in [0.29, 0.717) is 37.6 Å². The van der Waals surface area contributed by atoms with Crippen molar-refractivity contribution < 1.29 is 9.53 Å². The molecule has 1 heterocycles. The van der Waals surface area contributed by atoms with Gasteiger partial charge in [-0.25, -0.2) is 0 Å². The lowest BCUT2D eigenvalue weighted by atomic mass is 9.96. The van der Waals surface area contributed by atoms with Crippen molar-refractivity contribution in [3.8, 4) is 0 Å². The van der Waals surface area contributed by atoms with E-state index < -0.39 is 10.9 Å². The fourth-order valence-corrected chi connectivity index (χ4v) is 3.96. The summed E-state index contributed by atoms with van der Waals surface area (Å²) in [4.78, 5) is 38.0. The minimum atomic E-state index is -0.436. The molecule has 1 N–H and O–H groups in total. The van der Waals surface area contributed by atoms with Crippen molar-refractivity contribution in [1.29, 1.82) is 0 Å². The second-order valence-corrected chi connectivity index (χ2v) is 7.20. The number of hydrogen-bond acceptors (Lipinski definition) is 6. The second kappa shape index (κ2) is 8.52. The van der Waals surface area contributed by atoms with E-state index in [9.17, 15) is 14.4 Å². The summed E-state index contributed by atoms with van der Waals surface area (Å²) in [5, 5.41) is 3.17. The summed E-state index contributed by atoms with van der Waals surface area (Å²) in [5.74, 6) is -0.442. The highest BCUT2D eigenvalue weighted by molar-refractivity contribution is 5.78. The van der Waals surface area contributed by atoms with Crippen LogP contribution in [-0.2, 0) is 9.53 Å². The van der Waals surface area contributed by atoms with Crippen LogP contribution in [0, 0.1) is 5.92 Å². The number of piperidine rings is 1. The quantitative estimate of drug-likeness (QED) is 0.457. The number of ether oxygens (including phenoxy) is 1. The van der Waals surface area contributed by atoms with Crippen molar-refractivity contribution in [2.45, 2.75) is 51.9 Å². The maximum atomic E-state index is 12.1. The molecule has 6 nitrogen and oxygen atoms in total. The molecule has 0 spiro atoms. The minimum absolute atomic E-state index is 0.213. The summed E-state index contributed by atoms with van der Waals surface area (Å²) in [5.41, 5.74) is 1.45. The first-order valence-electron chi connectivity index (χ1n) is 9.78. The molecule has 6 heteroatoms. The molecule has 1 aromatic carbocycles. The molecule has 0 unspecified atom stereocenters. The lowest BCUT2D eigenvalue weighted by molar-refractivity contribution is -0.148. The van der Waals surface area contributed by atoms with Crippen LogP contribution in [0.5, 0.6) is 0 Å². The molecule has 1 aliphatic heterocycles. The molecule has 0 amide bonds. The Balaban J connectivity index is 1.62. The van der Waals surface area contributed by atoms with E-state index in [0.717, 1.165) is 32.1 Å². The summed E-state index contributed by atoms with van der Waals surface area (Å²) in [6, 6.07) is 0. The van der Waals surface area contributed by atoms with Gasteiger partial charge in [-0.05, 0) is 51.9 Å². The highest BCUT2D eigenvalue weighted by Crippen LogP contribution is 2.27. The van der Waals surface area contributed by atoms with Gasteiger partial charge < -0.3 is 15.0 Å². The fraction of sp³-hybridized carbons (Fsp3) is 0.650. The summed E-state index contributed by atoms with van der Waals surface area (Å²) in [6.45, 7) is 3.96. The standard InChI is InChI=1S/C20H28N2O4/c1-2-26-20(25)15-9-6-12-22(13-15)17-16(18(23)19(17)24)21-11-10-14-7-4-3-5-8-14/h7,15,21H,2-6,8-13H2,1H3/t15-/m1/s1. The molecule has 1 saturated heterocycles. The van der Waals surface area contributed by atoms with Crippen LogP contribution >= 0.6 is 0 Å². The van der Waals surface area contributed by atoms with Crippen LogP contribution in [0.3, 0.4) is 0 Å². The van der Waals surface area contributed by atoms with Gasteiger partial charge in [0.2, 0.25) is 0 Å².